The Hall–Kier alpha value is -0.570. The van der Waals surface area contributed by atoms with Crippen LogP contribution in [0.3, 0.4) is 0 Å². The van der Waals surface area contributed by atoms with E-state index < -0.39 is 6.04 Å². The molecule has 0 spiro atoms. The van der Waals surface area contributed by atoms with E-state index in [1.54, 1.807) is 6.92 Å². The van der Waals surface area contributed by atoms with Crippen molar-refractivity contribution in [1.82, 2.24) is 0 Å². The molecule has 0 bridgehead atoms. The van der Waals surface area contributed by atoms with Crippen LogP contribution in [0.2, 0.25) is 0 Å². The average molecular weight is 201 g/mol. The summed E-state index contributed by atoms with van der Waals surface area (Å²) in [6.45, 7) is 6.47. The van der Waals surface area contributed by atoms with Crippen LogP contribution in [0.15, 0.2) is 0 Å². The highest BCUT2D eigenvalue weighted by molar-refractivity contribution is 5.74. The highest BCUT2D eigenvalue weighted by Crippen LogP contribution is 2.12. The molecule has 0 aliphatic rings. The molecule has 0 radical (unpaired) electrons. The zero-order chi connectivity index (χ0) is 11.0. The Morgan fingerprint density at radius 3 is 2.50 bits per heavy atom. The number of esters is 1. The molecule has 0 rings (SSSR count). The maximum Gasteiger partial charge on any atom is 0.322 e. The van der Waals surface area contributed by atoms with Gasteiger partial charge in [-0.05, 0) is 19.3 Å². The lowest BCUT2D eigenvalue weighted by Crippen LogP contribution is -2.30. The first kappa shape index (κ1) is 13.4. The molecule has 2 atom stereocenters. The van der Waals surface area contributed by atoms with E-state index in [0.717, 1.165) is 12.8 Å². The van der Waals surface area contributed by atoms with E-state index in [0.29, 0.717) is 12.5 Å². The standard InChI is InChI=1S/C11H23NO2/c1-4-6-7-10(5-2)8-14-11(13)9(3)12/h9-10H,4-8,12H2,1-3H3. The molecule has 2 N–H and O–H groups in total. The first-order valence-electron chi connectivity index (χ1n) is 5.54. The van der Waals surface area contributed by atoms with Gasteiger partial charge in [0.25, 0.3) is 0 Å². The first-order valence-corrected chi connectivity index (χ1v) is 5.54. The molecule has 0 saturated heterocycles. The monoisotopic (exact) mass is 201 g/mol. The lowest BCUT2D eigenvalue weighted by atomic mass is 10.0. The summed E-state index contributed by atoms with van der Waals surface area (Å²) in [7, 11) is 0. The lowest BCUT2D eigenvalue weighted by molar-refractivity contribution is -0.146. The largest absolute Gasteiger partial charge is 0.464 e. The highest BCUT2D eigenvalue weighted by atomic mass is 16.5. The fraction of sp³-hybridized carbons (Fsp3) is 0.909. The summed E-state index contributed by atoms with van der Waals surface area (Å²) in [4.78, 5) is 11.1. The van der Waals surface area contributed by atoms with E-state index in [2.05, 4.69) is 13.8 Å². The maximum atomic E-state index is 11.1. The Bertz CT molecular complexity index is 157. The summed E-state index contributed by atoms with van der Waals surface area (Å²) in [5, 5.41) is 0. The third-order valence-electron chi connectivity index (χ3n) is 2.38. The minimum atomic E-state index is -0.501. The van der Waals surface area contributed by atoms with Crippen molar-refractivity contribution in [3.05, 3.63) is 0 Å². The van der Waals surface area contributed by atoms with Gasteiger partial charge in [0.15, 0.2) is 0 Å². The minimum absolute atomic E-state index is 0.292. The van der Waals surface area contributed by atoms with E-state index in [1.165, 1.54) is 12.8 Å². The second kappa shape index (κ2) is 7.80. The normalized spacial score (nSPS) is 14.9. The predicted octanol–water partition coefficient (Wildman–Crippen LogP) is 2.09. The van der Waals surface area contributed by atoms with Gasteiger partial charge >= 0.3 is 5.97 Å². The molecule has 0 aliphatic carbocycles. The molecule has 0 aromatic rings. The van der Waals surface area contributed by atoms with E-state index >= 15 is 0 Å². The van der Waals surface area contributed by atoms with Crippen LogP contribution in [0.1, 0.15) is 46.5 Å². The highest BCUT2D eigenvalue weighted by Gasteiger charge is 2.12. The minimum Gasteiger partial charge on any atom is -0.464 e. The fourth-order valence-corrected chi connectivity index (χ4v) is 1.23. The summed E-state index contributed by atoms with van der Waals surface area (Å²) in [6, 6.07) is -0.501. The molecule has 14 heavy (non-hydrogen) atoms. The Morgan fingerprint density at radius 2 is 2.07 bits per heavy atom. The summed E-state index contributed by atoms with van der Waals surface area (Å²) < 4.78 is 5.09. The van der Waals surface area contributed by atoms with Crippen molar-refractivity contribution in [2.45, 2.75) is 52.5 Å². The predicted molar refractivity (Wildman–Crippen MR) is 57.9 cm³/mol. The second-order valence-electron chi connectivity index (χ2n) is 3.84. The van der Waals surface area contributed by atoms with Gasteiger partial charge in [0.05, 0.1) is 6.61 Å². The topological polar surface area (TPSA) is 52.3 Å². The molecule has 3 nitrogen and oxygen atoms in total. The number of carbonyl (C=O) groups is 1. The summed E-state index contributed by atoms with van der Waals surface area (Å²) >= 11 is 0. The van der Waals surface area contributed by atoms with Crippen LogP contribution in [0.25, 0.3) is 0 Å². The molecule has 3 heteroatoms. The van der Waals surface area contributed by atoms with Crippen LogP contribution >= 0.6 is 0 Å². The zero-order valence-electron chi connectivity index (χ0n) is 9.58. The van der Waals surface area contributed by atoms with Crippen molar-refractivity contribution in [3.8, 4) is 0 Å². The van der Waals surface area contributed by atoms with E-state index in [-0.39, 0.29) is 5.97 Å². The molecule has 84 valence electrons. The Balaban J connectivity index is 3.66. The van der Waals surface area contributed by atoms with Crippen LogP contribution in [0.4, 0.5) is 0 Å². The van der Waals surface area contributed by atoms with Crippen molar-refractivity contribution in [2.75, 3.05) is 6.61 Å². The maximum absolute atomic E-state index is 11.1. The van der Waals surface area contributed by atoms with Crippen molar-refractivity contribution in [2.24, 2.45) is 11.7 Å². The molecule has 0 fully saturated rings. The van der Waals surface area contributed by atoms with Gasteiger partial charge in [-0.2, -0.15) is 0 Å². The molecular formula is C11H23NO2. The second-order valence-corrected chi connectivity index (χ2v) is 3.84. The SMILES string of the molecule is CCCCC(CC)COC(=O)C(C)N. The fourth-order valence-electron chi connectivity index (χ4n) is 1.23. The zero-order valence-corrected chi connectivity index (χ0v) is 9.58. The lowest BCUT2D eigenvalue weighted by Gasteiger charge is -2.15. The third-order valence-corrected chi connectivity index (χ3v) is 2.38. The van der Waals surface area contributed by atoms with Crippen LogP contribution in [0, 0.1) is 5.92 Å². The van der Waals surface area contributed by atoms with Crippen LogP contribution in [0.5, 0.6) is 0 Å². The summed E-state index contributed by atoms with van der Waals surface area (Å²) in [5.41, 5.74) is 5.39. The molecule has 0 aromatic carbocycles. The van der Waals surface area contributed by atoms with Gasteiger partial charge in [-0.3, -0.25) is 4.79 Å². The van der Waals surface area contributed by atoms with Crippen LogP contribution in [-0.4, -0.2) is 18.6 Å². The number of nitrogens with two attached hydrogens (primary N) is 1. The number of carbonyl (C=O) groups excluding carboxylic acids is 1. The van der Waals surface area contributed by atoms with Gasteiger partial charge < -0.3 is 10.5 Å². The Labute approximate surface area is 87.0 Å². The smallest absolute Gasteiger partial charge is 0.322 e. The molecular weight excluding hydrogens is 178 g/mol. The molecule has 0 heterocycles. The van der Waals surface area contributed by atoms with Gasteiger partial charge in [0.2, 0.25) is 0 Å². The number of hydrogen-bond donors (Lipinski definition) is 1. The molecule has 2 unspecified atom stereocenters. The van der Waals surface area contributed by atoms with Gasteiger partial charge in [-0.1, -0.05) is 33.1 Å². The van der Waals surface area contributed by atoms with Crippen molar-refractivity contribution in [1.29, 1.82) is 0 Å². The quantitative estimate of drug-likeness (QED) is 0.642. The third kappa shape index (κ3) is 5.97. The van der Waals surface area contributed by atoms with E-state index in [4.69, 9.17) is 10.5 Å². The average Bonchev–Trinajstić information content (AvgIpc) is 2.17. The Morgan fingerprint density at radius 1 is 1.43 bits per heavy atom. The molecule has 0 saturated carbocycles. The summed E-state index contributed by atoms with van der Waals surface area (Å²) in [5.74, 6) is 0.206. The van der Waals surface area contributed by atoms with E-state index in [9.17, 15) is 4.79 Å². The van der Waals surface area contributed by atoms with Crippen molar-refractivity contribution in [3.63, 3.8) is 0 Å². The number of unbranched alkanes of at least 4 members (excludes halogenated alkanes) is 1. The van der Waals surface area contributed by atoms with Gasteiger partial charge in [-0.15, -0.1) is 0 Å². The van der Waals surface area contributed by atoms with Crippen molar-refractivity contribution < 1.29 is 9.53 Å². The van der Waals surface area contributed by atoms with Crippen LogP contribution < -0.4 is 5.73 Å². The number of rotatable bonds is 7. The van der Waals surface area contributed by atoms with Gasteiger partial charge in [0, 0.05) is 0 Å². The number of ether oxygens (including phenoxy) is 1. The summed E-state index contributed by atoms with van der Waals surface area (Å²) in [6.07, 6.45) is 4.59. The van der Waals surface area contributed by atoms with E-state index in [1.807, 2.05) is 0 Å². The molecule has 0 aliphatic heterocycles. The molecule has 0 amide bonds. The number of hydrogen-bond acceptors (Lipinski definition) is 3. The molecule has 0 aromatic heterocycles. The van der Waals surface area contributed by atoms with Crippen LogP contribution in [-0.2, 0) is 9.53 Å². The van der Waals surface area contributed by atoms with Crippen molar-refractivity contribution >= 4 is 5.97 Å². The Kier molecular flexibility index (Phi) is 7.48. The van der Waals surface area contributed by atoms with Gasteiger partial charge in [-0.25, -0.2) is 0 Å². The van der Waals surface area contributed by atoms with Gasteiger partial charge in [0.1, 0.15) is 6.04 Å². The first-order chi connectivity index (χ1) is 6.61.